The lowest BCUT2D eigenvalue weighted by Gasteiger charge is -2.24. The van der Waals surface area contributed by atoms with Crippen LogP contribution in [0.25, 0.3) is 0 Å². The largest absolute Gasteiger partial charge is 0.481 e. The van der Waals surface area contributed by atoms with Crippen LogP contribution in [0.3, 0.4) is 0 Å². The Kier molecular flexibility index (Phi) is 6.05. The van der Waals surface area contributed by atoms with E-state index in [1.165, 1.54) is 7.11 Å². The van der Waals surface area contributed by atoms with Gasteiger partial charge in [-0.3, -0.25) is 4.79 Å². The summed E-state index contributed by atoms with van der Waals surface area (Å²) in [6, 6.07) is 7.31. The third-order valence-electron chi connectivity index (χ3n) is 4.90. The molecule has 1 saturated carbocycles. The minimum Gasteiger partial charge on any atom is -0.481 e. The standard InChI is InChI=1S/C18H23ClO4/c1-23-16(20)14-6-4-13(5-7-14)15-8-10-18(12-15,17(21)22)9-2-3-11-19/h4-7,15H,2-3,8-12H2,1H3,(H,21,22)/t15-,18+/m0/s1. The van der Waals surface area contributed by atoms with Crippen LogP contribution in [0.1, 0.15) is 60.4 Å². The van der Waals surface area contributed by atoms with Gasteiger partial charge in [0.05, 0.1) is 18.1 Å². The molecule has 4 nitrogen and oxygen atoms in total. The van der Waals surface area contributed by atoms with Gasteiger partial charge in [-0.2, -0.15) is 0 Å². The highest BCUT2D eigenvalue weighted by Crippen LogP contribution is 2.49. The summed E-state index contributed by atoms with van der Waals surface area (Å²) in [5.74, 6) is -0.243. The molecule has 1 aliphatic rings. The van der Waals surface area contributed by atoms with E-state index >= 15 is 0 Å². The molecule has 0 saturated heterocycles. The third-order valence-corrected chi connectivity index (χ3v) is 5.17. The van der Waals surface area contributed by atoms with Gasteiger partial charge in [-0.1, -0.05) is 18.6 Å². The van der Waals surface area contributed by atoms with Gasteiger partial charge >= 0.3 is 11.9 Å². The maximum Gasteiger partial charge on any atom is 0.337 e. The third kappa shape index (κ3) is 4.05. The molecule has 1 N–H and O–H groups in total. The number of rotatable bonds is 7. The lowest BCUT2D eigenvalue weighted by molar-refractivity contribution is -0.149. The number of methoxy groups -OCH3 is 1. The fraction of sp³-hybridized carbons (Fsp3) is 0.556. The summed E-state index contributed by atoms with van der Waals surface area (Å²) in [6.07, 6.45) is 4.62. The fourth-order valence-electron chi connectivity index (χ4n) is 3.51. The van der Waals surface area contributed by atoms with Gasteiger partial charge in [0.15, 0.2) is 0 Å². The molecule has 23 heavy (non-hydrogen) atoms. The topological polar surface area (TPSA) is 63.6 Å². The van der Waals surface area contributed by atoms with Crippen molar-refractivity contribution in [3.63, 3.8) is 0 Å². The van der Waals surface area contributed by atoms with E-state index in [-0.39, 0.29) is 11.9 Å². The average Bonchev–Trinajstić information content (AvgIpc) is 3.00. The molecule has 0 spiro atoms. The maximum atomic E-state index is 11.8. The van der Waals surface area contributed by atoms with E-state index in [1.54, 1.807) is 12.1 Å². The van der Waals surface area contributed by atoms with Crippen LogP contribution < -0.4 is 0 Å². The number of esters is 1. The molecule has 5 heteroatoms. The predicted octanol–water partition coefficient (Wildman–Crippen LogP) is 4.22. The Labute approximate surface area is 141 Å². The Morgan fingerprint density at radius 1 is 1.30 bits per heavy atom. The zero-order valence-electron chi connectivity index (χ0n) is 13.4. The quantitative estimate of drug-likeness (QED) is 0.459. The van der Waals surface area contributed by atoms with Crippen LogP contribution in [-0.2, 0) is 9.53 Å². The van der Waals surface area contributed by atoms with Crippen LogP contribution in [0.15, 0.2) is 24.3 Å². The van der Waals surface area contributed by atoms with Gasteiger partial charge in [0.1, 0.15) is 0 Å². The first kappa shape index (κ1) is 17.8. The van der Waals surface area contributed by atoms with E-state index < -0.39 is 11.4 Å². The molecule has 2 atom stereocenters. The summed E-state index contributed by atoms with van der Waals surface area (Å²) in [4.78, 5) is 23.3. The smallest absolute Gasteiger partial charge is 0.337 e. The van der Waals surface area contributed by atoms with E-state index in [9.17, 15) is 14.7 Å². The number of ether oxygens (including phenoxy) is 1. The molecular weight excluding hydrogens is 316 g/mol. The number of benzene rings is 1. The van der Waals surface area contributed by atoms with Crippen molar-refractivity contribution in [2.24, 2.45) is 5.41 Å². The van der Waals surface area contributed by atoms with Gasteiger partial charge in [0.2, 0.25) is 0 Å². The number of aliphatic carboxylic acids is 1. The van der Waals surface area contributed by atoms with E-state index in [0.29, 0.717) is 30.7 Å². The number of hydrogen-bond donors (Lipinski definition) is 1. The first-order valence-corrected chi connectivity index (χ1v) is 8.53. The normalized spacial score (nSPS) is 23.7. The number of carbonyl (C=O) groups is 2. The molecule has 0 radical (unpaired) electrons. The second-order valence-corrected chi connectivity index (χ2v) is 6.66. The average molecular weight is 339 g/mol. The molecule has 1 aliphatic carbocycles. The Morgan fingerprint density at radius 2 is 2.00 bits per heavy atom. The van der Waals surface area contributed by atoms with Crippen LogP contribution in [0.4, 0.5) is 0 Å². The van der Waals surface area contributed by atoms with Gasteiger partial charge in [0.25, 0.3) is 0 Å². The number of carboxylic acids is 1. The molecule has 0 aromatic heterocycles. The van der Waals surface area contributed by atoms with E-state index in [2.05, 4.69) is 0 Å². The van der Waals surface area contributed by atoms with Crippen molar-refractivity contribution >= 4 is 23.5 Å². The van der Waals surface area contributed by atoms with Crippen molar-refractivity contribution in [1.82, 2.24) is 0 Å². The number of carbonyl (C=O) groups excluding carboxylic acids is 1. The first-order valence-electron chi connectivity index (χ1n) is 8.00. The predicted molar refractivity (Wildman–Crippen MR) is 89.0 cm³/mol. The number of unbranched alkanes of at least 4 members (excludes halogenated alkanes) is 1. The van der Waals surface area contributed by atoms with Crippen LogP contribution in [0.2, 0.25) is 0 Å². The van der Waals surface area contributed by atoms with Crippen molar-refractivity contribution in [2.45, 2.75) is 44.4 Å². The highest BCUT2D eigenvalue weighted by atomic mass is 35.5. The Morgan fingerprint density at radius 3 is 2.57 bits per heavy atom. The van der Waals surface area contributed by atoms with Gasteiger partial charge < -0.3 is 9.84 Å². The van der Waals surface area contributed by atoms with E-state index in [4.69, 9.17) is 16.3 Å². The second-order valence-electron chi connectivity index (χ2n) is 6.28. The SMILES string of the molecule is COC(=O)c1ccc([C@H]2CC[C@@](CCCCCl)(C(=O)O)C2)cc1. The van der Waals surface area contributed by atoms with Crippen LogP contribution >= 0.6 is 11.6 Å². The Hall–Kier alpha value is -1.55. The summed E-state index contributed by atoms with van der Waals surface area (Å²) in [6.45, 7) is 0. The molecular formula is C18H23ClO4. The van der Waals surface area contributed by atoms with Gasteiger partial charge in [-0.05, 0) is 55.7 Å². The minimum atomic E-state index is -0.694. The minimum absolute atomic E-state index is 0.230. The molecule has 1 fully saturated rings. The van der Waals surface area contributed by atoms with Crippen LogP contribution in [0.5, 0.6) is 0 Å². The summed E-state index contributed by atoms with van der Waals surface area (Å²) < 4.78 is 4.69. The number of hydrogen-bond acceptors (Lipinski definition) is 3. The molecule has 0 aliphatic heterocycles. The molecule has 1 aromatic rings. The zero-order valence-corrected chi connectivity index (χ0v) is 14.1. The van der Waals surface area contributed by atoms with Crippen molar-refractivity contribution in [3.05, 3.63) is 35.4 Å². The van der Waals surface area contributed by atoms with Crippen LogP contribution in [-0.4, -0.2) is 30.0 Å². The molecule has 2 rings (SSSR count). The van der Waals surface area contributed by atoms with Gasteiger partial charge in [-0.15, -0.1) is 11.6 Å². The first-order chi connectivity index (χ1) is 11.0. The van der Waals surface area contributed by atoms with E-state index in [1.807, 2.05) is 12.1 Å². The zero-order chi connectivity index (χ0) is 16.9. The van der Waals surface area contributed by atoms with Crippen molar-refractivity contribution in [2.75, 3.05) is 13.0 Å². The Balaban J connectivity index is 2.07. The number of carboxylic acid groups (broad SMARTS) is 1. The highest BCUT2D eigenvalue weighted by Gasteiger charge is 2.45. The van der Waals surface area contributed by atoms with Crippen molar-refractivity contribution < 1.29 is 19.4 Å². The molecule has 126 valence electrons. The number of halogens is 1. The van der Waals surface area contributed by atoms with Crippen molar-refractivity contribution in [3.8, 4) is 0 Å². The van der Waals surface area contributed by atoms with Gasteiger partial charge in [-0.25, -0.2) is 4.79 Å². The second kappa shape index (κ2) is 7.82. The molecule has 0 amide bonds. The molecule has 0 unspecified atom stereocenters. The lowest BCUT2D eigenvalue weighted by atomic mass is 9.79. The van der Waals surface area contributed by atoms with Gasteiger partial charge in [0, 0.05) is 5.88 Å². The van der Waals surface area contributed by atoms with Crippen LogP contribution in [0, 0.1) is 5.41 Å². The van der Waals surface area contributed by atoms with E-state index in [0.717, 1.165) is 24.8 Å². The summed E-state index contributed by atoms with van der Waals surface area (Å²) >= 11 is 5.70. The lowest BCUT2D eigenvalue weighted by Crippen LogP contribution is -2.28. The fourth-order valence-corrected chi connectivity index (χ4v) is 3.70. The highest BCUT2D eigenvalue weighted by molar-refractivity contribution is 6.17. The molecule has 0 heterocycles. The summed E-state index contributed by atoms with van der Waals surface area (Å²) in [7, 11) is 1.36. The van der Waals surface area contributed by atoms with Crippen molar-refractivity contribution in [1.29, 1.82) is 0 Å². The molecule has 0 bridgehead atoms. The molecule has 1 aromatic carbocycles. The summed E-state index contributed by atoms with van der Waals surface area (Å²) in [5.41, 5.74) is 0.983. The maximum absolute atomic E-state index is 11.8. The number of alkyl halides is 1. The monoisotopic (exact) mass is 338 g/mol. The Bertz CT molecular complexity index is 555. The summed E-state index contributed by atoms with van der Waals surface area (Å²) in [5, 5.41) is 9.68.